The van der Waals surface area contributed by atoms with Crippen LogP contribution in [0.1, 0.15) is 46.1 Å². The Kier molecular flexibility index (Phi) is 7.11. The van der Waals surface area contributed by atoms with Crippen molar-refractivity contribution in [2.75, 3.05) is 13.1 Å². The first kappa shape index (κ1) is 23.6. The Hall–Kier alpha value is -3.03. The summed E-state index contributed by atoms with van der Waals surface area (Å²) in [5, 5.41) is 2.92. The Morgan fingerprint density at radius 3 is 2.34 bits per heavy atom. The molecule has 0 saturated carbocycles. The van der Waals surface area contributed by atoms with E-state index in [-0.39, 0.29) is 24.7 Å². The standard InChI is InChI=1S/C24H32N2O6/c1-17(27)31-20-11-10-19(25-21(28)32-23(2,3)4)24(20)12-14-26(15-13-24)22(29)30-16-18-8-6-5-7-9-18/h5-11,19-20H,12-16H2,1-4H3,(H,25,28)/t19-,20+/m0/s1. The van der Waals surface area contributed by atoms with Crippen LogP contribution in [0.15, 0.2) is 42.5 Å². The lowest BCUT2D eigenvalue weighted by molar-refractivity contribution is -0.151. The van der Waals surface area contributed by atoms with Crippen LogP contribution in [0.4, 0.5) is 9.59 Å². The summed E-state index contributed by atoms with van der Waals surface area (Å²) in [5.41, 5.74) is -0.245. The van der Waals surface area contributed by atoms with Crippen molar-refractivity contribution in [3.05, 3.63) is 48.0 Å². The zero-order chi connectivity index (χ0) is 23.4. The lowest BCUT2D eigenvalue weighted by Gasteiger charge is -2.45. The molecule has 1 aliphatic carbocycles. The molecule has 32 heavy (non-hydrogen) atoms. The van der Waals surface area contributed by atoms with Gasteiger partial charge in [0.25, 0.3) is 0 Å². The molecule has 174 valence electrons. The van der Waals surface area contributed by atoms with Gasteiger partial charge in [0.2, 0.25) is 0 Å². The normalized spacial score (nSPS) is 21.8. The van der Waals surface area contributed by atoms with Crippen molar-refractivity contribution in [1.82, 2.24) is 10.2 Å². The monoisotopic (exact) mass is 444 g/mol. The van der Waals surface area contributed by atoms with Gasteiger partial charge in [0.05, 0.1) is 6.04 Å². The van der Waals surface area contributed by atoms with Gasteiger partial charge in [0.15, 0.2) is 0 Å². The van der Waals surface area contributed by atoms with Crippen molar-refractivity contribution >= 4 is 18.2 Å². The van der Waals surface area contributed by atoms with Gasteiger partial charge >= 0.3 is 18.2 Å². The van der Waals surface area contributed by atoms with Crippen molar-refractivity contribution in [1.29, 1.82) is 0 Å². The van der Waals surface area contributed by atoms with E-state index in [0.29, 0.717) is 25.9 Å². The topological polar surface area (TPSA) is 94.2 Å². The Morgan fingerprint density at radius 1 is 1.09 bits per heavy atom. The molecular formula is C24H32N2O6. The fraction of sp³-hybridized carbons (Fsp3) is 0.542. The number of carbonyl (C=O) groups is 3. The van der Waals surface area contributed by atoms with Crippen molar-refractivity contribution in [3.8, 4) is 0 Å². The van der Waals surface area contributed by atoms with Crippen LogP contribution in [0, 0.1) is 5.41 Å². The van der Waals surface area contributed by atoms with Gasteiger partial charge in [-0.3, -0.25) is 4.79 Å². The van der Waals surface area contributed by atoms with Crippen LogP contribution in [0.3, 0.4) is 0 Å². The number of benzene rings is 1. The van der Waals surface area contributed by atoms with Crippen LogP contribution >= 0.6 is 0 Å². The number of esters is 1. The van der Waals surface area contributed by atoms with E-state index in [1.165, 1.54) is 6.92 Å². The first-order valence-corrected chi connectivity index (χ1v) is 10.9. The Bertz CT molecular complexity index is 853. The minimum Gasteiger partial charge on any atom is -0.458 e. The average molecular weight is 445 g/mol. The average Bonchev–Trinajstić information content (AvgIpc) is 3.02. The molecule has 1 saturated heterocycles. The maximum atomic E-state index is 12.6. The van der Waals surface area contributed by atoms with Crippen LogP contribution in [-0.4, -0.2) is 53.9 Å². The van der Waals surface area contributed by atoms with E-state index in [9.17, 15) is 14.4 Å². The Balaban J connectivity index is 1.64. The van der Waals surface area contributed by atoms with E-state index in [0.717, 1.165) is 5.56 Å². The first-order chi connectivity index (χ1) is 15.1. The molecule has 1 heterocycles. The largest absolute Gasteiger partial charge is 0.458 e. The molecule has 1 spiro atoms. The van der Waals surface area contributed by atoms with Crippen LogP contribution in [-0.2, 0) is 25.6 Å². The second-order valence-corrected chi connectivity index (χ2v) is 9.30. The molecule has 1 fully saturated rings. The number of alkyl carbamates (subject to hydrolysis) is 1. The summed E-state index contributed by atoms with van der Waals surface area (Å²) >= 11 is 0. The summed E-state index contributed by atoms with van der Waals surface area (Å²) in [4.78, 5) is 38.3. The van der Waals surface area contributed by atoms with Gasteiger partial charge < -0.3 is 24.4 Å². The number of rotatable bonds is 4. The molecule has 0 radical (unpaired) electrons. The lowest BCUT2D eigenvalue weighted by Crippen LogP contribution is -2.56. The molecule has 1 N–H and O–H groups in total. The zero-order valence-electron chi connectivity index (χ0n) is 19.1. The lowest BCUT2D eigenvalue weighted by atomic mass is 9.71. The summed E-state index contributed by atoms with van der Waals surface area (Å²) in [5.74, 6) is -0.387. The Labute approximate surface area is 188 Å². The second-order valence-electron chi connectivity index (χ2n) is 9.30. The first-order valence-electron chi connectivity index (χ1n) is 10.9. The summed E-state index contributed by atoms with van der Waals surface area (Å²) < 4.78 is 16.4. The molecule has 1 aromatic rings. The van der Waals surface area contributed by atoms with Crippen LogP contribution < -0.4 is 5.32 Å². The van der Waals surface area contributed by atoms with Gasteiger partial charge in [-0.15, -0.1) is 0 Å². The van der Waals surface area contributed by atoms with Crippen molar-refractivity contribution in [2.24, 2.45) is 5.41 Å². The van der Waals surface area contributed by atoms with E-state index in [4.69, 9.17) is 14.2 Å². The van der Waals surface area contributed by atoms with Gasteiger partial charge in [-0.05, 0) is 45.3 Å². The number of likely N-dealkylation sites (tertiary alicyclic amines) is 1. The fourth-order valence-electron chi connectivity index (χ4n) is 4.25. The number of nitrogens with one attached hydrogen (secondary N) is 1. The van der Waals surface area contributed by atoms with Gasteiger partial charge in [-0.1, -0.05) is 36.4 Å². The minimum absolute atomic E-state index is 0.210. The smallest absolute Gasteiger partial charge is 0.410 e. The van der Waals surface area contributed by atoms with Crippen molar-refractivity contribution in [3.63, 3.8) is 0 Å². The summed E-state index contributed by atoms with van der Waals surface area (Å²) in [6, 6.07) is 9.14. The van der Waals surface area contributed by atoms with Crippen LogP contribution in [0.2, 0.25) is 0 Å². The molecule has 2 atom stereocenters. The van der Waals surface area contributed by atoms with E-state index < -0.39 is 23.2 Å². The van der Waals surface area contributed by atoms with E-state index in [2.05, 4.69) is 5.32 Å². The van der Waals surface area contributed by atoms with E-state index in [1.54, 1.807) is 25.7 Å². The highest BCUT2D eigenvalue weighted by Crippen LogP contribution is 2.45. The highest BCUT2D eigenvalue weighted by molar-refractivity contribution is 5.70. The fourth-order valence-corrected chi connectivity index (χ4v) is 4.25. The Morgan fingerprint density at radius 2 is 1.75 bits per heavy atom. The quantitative estimate of drug-likeness (QED) is 0.431. The summed E-state index contributed by atoms with van der Waals surface area (Å²) in [7, 11) is 0. The molecule has 1 aliphatic heterocycles. The van der Waals surface area contributed by atoms with Crippen molar-refractivity contribution < 1.29 is 28.6 Å². The third-order valence-electron chi connectivity index (χ3n) is 5.79. The maximum absolute atomic E-state index is 12.6. The number of nitrogens with zero attached hydrogens (tertiary/aromatic N) is 1. The molecule has 3 rings (SSSR count). The molecule has 1 aromatic carbocycles. The molecule has 0 unspecified atom stereocenters. The summed E-state index contributed by atoms with van der Waals surface area (Å²) in [6.45, 7) is 7.84. The van der Waals surface area contributed by atoms with Crippen LogP contribution in [0.5, 0.6) is 0 Å². The zero-order valence-corrected chi connectivity index (χ0v) is 19.1. The number of hydrogen-bond donors (Lipinski definition) is 1. The van der Waals surface area contributed by atoms with Gasteiger partial charge in [0.1, 0.15) is 18.3 Å². The third kappa shape index (κ3) is 5.81. The SMILES string of the molecule is CC(=O)O[C@@H]1C=C[C@H](NC(=O)OC(C)(C)C)C12CCN(C(=O)OCc1ccccc1)CC2. The molecule has 2 aliphatic rings. The molecule has 2 amide bonds. The highest BCUT2D eigenvalue weighted by Gasteiger charge is 2.52. The van der Waals surface area contributed by atoms with Gasteiger partial charge in [-0.2, -0.15) is 0 Å². The van der Waals surface area contributed by atoms with E-state index in [1.807, 2.05) is 42.5 Å². The number of amides is 2. The number of carbonyl (C=O) groups excluding carboxylic acids is 3. The summed E-state index contributed by atoms with van der Waals surface area (Å²) in [6.07, 6.45) is 3.35. The number of ether oxygens (including phenoxy) is 3. The van der Waals surface area contributed by atoms with Crippen molar-refractivity contribution in [2.45, 2.75) is 64.9 Å². The predicted octanol–water partition coefficient (Wildman–Crippen LogP) is 3.80. The van der Waals surface area contributed by atoms with Gasteiger partial charge in [-0.25, -0.2) is 9.59 Å². The van der Waals surface area contributed by atoms with Crippen LogP contribution in [0.25, 0.3) is 0 Å². The predicted molar refractivity (Wildman–Crippen MR) is 118 cm³/mol. The number of piperidine rings is 1. The molecular weight excluding hydrogens is 412 g/mol. The molecule has 8 nitrogen and oxygen atoms in total. The van der Waals surface area contributed by atoms with Gasteiger partial charge in [0, 0.05) is 25.4 Å². The molecule has 0 bridgehead atoms. The molecule has 8 heteroatoms. The maximum Gasteiger partial charge on any atom is 0.410 e. The minimum atomic E-state index is -0.624. The second kappa shape index (κ2) is 9.63. The molecule has 0 aromatic heterocycles. The number of hydrogen-bond acceptors (Lipinski definition) is 6. The third-order valence-corrected chi connectivity index (χ3v) is 5.79. The van der Waals surface area contributed by atoms with E-state index >= 15 is 0 Å². The highest BCUT2D eigenvalue weighted by atomic mass is 16.6.